The maximum Gasteiger partial charge on any atom is 0.416 e. The Bertz CT molecular complexity index is 448. The van der Waals surface area contributed by atoms with E-state index in [-0.39, 0.29) is 18.2 Å². The van der Waals surface area contributed by atoms with Crippen molar-refractivity contribution in [3.05, 3.63) is 29.3 Å². The minimum absolute atomic E-state index is 0.0664. The monoisotopic (exact) mass is 275 g/mol. The van der Waals surface area contributed by atoms with Crippen LogP contribution in [0.4, 0.5) is 18.9 Å². The van der Waals surface area contributed by atoms with Gasteiger partial charge in [-0.15, -0.1) is 0 Å². The topological polar surface area (TPSA) is 43.7 Å². The van der Waals surface area contributed by atoms with Crippen molar-refractivity contribution in [1.29, 1.82) is 0 Å². The molecule has 2 rings (SSSR count). The van der Waals surface area contributed by atoms with Crippen LogP contribution in [0.25, 0.3) is 0 Å². The third kappa shape index (κ3) is 2.84. The number of rotatable bonds is 3. The number of hydrogen-bond donors (Lipinski definition) is 2. The average Bonchev–Trinajstić information content (AvgIpc) is 2.85. The number of hydrogen-bond acceptors (Lipinski definition) is 3. The first-order chi connectivity index (χ1) is 8.97. The molecule has 6 heteroatoms. The molecule has 0 bridgehead atoms. The average molecular weight is 275 g/mol. The summed E-state index contributed by atoms with van der Waals surface area (Å²) in [4.78, 5) is 1.79. The molecule has 106 valence electrons. The minimum Gasteiger partial charge on any atom is -0.394 e. The van der Waals surface area contributed by atoms with Gasteiger partial charge in [0.25, 0.3) is 0 Å². The molecular weight excluding hydrogens is 259 g/mol. The van der Waals surface area contributed by atoms with Gasteiger partial charge in [0.05, 0.1) is 24.8 Å². The van der Waals surface area contributed by atoms with Gasteiger partial charge < -0.3 is 15.1 Å². The fourth-order valence-corrected chi connectivity index (χ4v) is 2.51. The second-order valence-corrected chi connectivity index (χ2v) is 4.67. The van der Waals surface area contributed by atoms with E-state index in [0.717, 1.165) is 18.9 Å². The third-order valence-electron chi connectivity index (χ3n) is 3.49. The molecule has 19 heavy (non-hydrogen) atoms. The van der Waals surface area contributed by atoms with Crippen LogP contribution in [0, 0.1) is 0 Å². The minimum atomic E-state index is -4.48. The van der Waals surface area contributed by atoms with Gasteiger partial charge >= 0.3 is 6.18 Å². The Morgan fingerprint density at radius 3 is 2.58 bits per heavy atom. The number of aliphatic hydroxyl groups excluding tert-OH is 2. The first kappa shape index (κ1) is 14.1. The van der Waals surface area contributed by atoms with Crippen molar-refractivity contribution in [2.75, 3.05) is 18.1 Å². The van der Waals surface area contributed by atoms with Crippen LogP contribution in [0.3, 0.4) is 0 Å². The first-order valence-electron chi connectivity index (χ1n) is 6.16. The number of anilines is 1. The van der Waals surface area contributed by atoms with Crippen molar-refractivity contribution in [2.45, 2.75) is 31.7 Å². The van der Waals surface area contributed by atoms with E-state index < -0.39 is 18.3 Å². The normalized spacial score (nSPS) is 20.1. The van der Waals surface area contributed by atoms with E-state index in [4.69, 9.17) is 5.11 Å². The van der Waals surface area contributed by atoms with E-state index in [1.54, 1.807) is 11.0 Å². The smallest absolute Gasteiger partial charge is 0.394 e. The van der Waals surface area contributed by atoms with Gasteiger partial charge in [-0.3, -0.25) is 0 Å². The molecule has 1 aromatic rings. The van der Waals surface area contributed by atoms with Crippen LogP contribution in [0.15, 0.2) is 18.2 Å². The van der Waals surface area contributed by atoms with E-state index in [1.807, 2.05) is 0 Å². The predicted octanol–water partition coefficient (Wildman–Crippen LogP) is 2.16. The lowest BCUT2D eigenvalue weighted by Gasteiger charge is -2.26. The summed E-state index contributed by atoms with van der Waals surface area (Å²) in [6, 6.07) is 3.79. The van der Waals surface area contributed by atoms with Crippen LogP contribution in [0.5, 0.6) is 0 Å². The molecule has 0 amide bonds. The molecule has 3 nitrogen and oxygen atoms in total. The molecule has 1 unspecified atom stereocenters. The summed E-state index contributed by atoms with van der Waals surface area (Å²) in [5.41, 5.74) is -0.492. The Balaban J connectivity index is 2.38. The van der Waals surface area contributed by atoms with E-state index in [1.165, 1.54) is 6.07 Å². The highest BCUT2D eigenvalue weighted by Gasteiger charge is 2.34. The predicted molar refractivity (Wildman–Crippen MR) is 64.8 cm³/mol. The van der Waals surface area contributed by atoms with Crippen molar-refractivity contribution in [3.8, 4) is 0 Å². The van der Waals surface area contributed by atoms with Gasteiger partial charge in [-0.25, -0.2) is 0 Å². The van der Waals surface area contributed by atoms with Crippen LogP contribution in [0.1, 0.15) is 24.0 Å². The summed E-state index contributed by atoms with van der Waals surface area (Å²) in [5.74, 6) is 0. The number of aliphatic hydroxyl groups is 2. The number of nitrogens with zero attached hydrogens (tertiary/aromatic N) is 1. The van der Waals surface area contributed by atoms with Crippen molar-refractivity contribution in [3.63, 3.8) is 0 Å². The van der Waals surface area contributed by atoms with Crippen molar-refractivity contribution < 1.29 is 23.4 Å². The molecule has 1 heterocycles. The van der Waals surface area contributed by atoms with Gasteiger partial charge in [-0.05, 0) is 30.5 Å². The SMILES string of the molecule is OCc1ccc(N2CCCC2CO)cc1C(F)(F)F. The van der Waals surface area contributed by atoms with E-state index >= 15 is 0 Å². The lowest BCUT2D eigenvalue weighted by atomic mass is 10.1. The van der Waals surface area contributed by atoms with Crippen LogP contribution in [0.2, 0.25) is 0 Å². The van der Waals surface area contributed by atoms with Gasteiger partial charge in [0.2, 0.25) is 0 Å². The standard InChI is InChI=1S/C13H16F3NO2/c14-13(15,16)12-6-10(4-3-9(12)7-18)17-5-1-2-11(17)8-19/h3-4,6,11,18-19H,1-2,5,7-8H2. The summed E-state index contributed by atoms with van der Waals surface area (Å²) in [7, 11) is 0. The van der Waals surface area contributed by atoms with E-state index in [0.29, 0.717) is 12.2 Å². The Morgan fingerprint density at radius 1 is 1.26 bits per heavy atom. The summed E-state index contributed by atoms with van der Waals surface area (Å²) >= 11 is 0. The molecule has 2 N–H and O–H groups in total. The molecule has 0 saturated carbocycles. The summed E-state index contributed by atoms with van der Waals surface area (Å²) in [6.45, 7) is -0.0668. The molecule has 0 aliphatic carbocycles. The molecule has 1 aliphatic rings. The number of halogens is 3. The third-order valence-corrected chi connectivity index (χ3v) is 3.49. The van der Waals surface area contributed by atoms with E-state index in [9.17, 15) is 18.3 Å². The lowest BCUT2D eigenvalue weighted by molar-refractivity contribution is -0.138. The highest BCUT2D eigenvalue weighted by atomic mass is 19.4. The van der Waals surface area contributed by atoms with Gasteiger partial charge in [0.1, 0.15) is 0 Å². The fourth-order valence-electron chi connectivity index (χ4n) is 2.51. The Hall–Kier alpha value is -1.27. The highest BCUT2D eigenvalue weighted by molar-refractivity contribution is 5.53. The molecule has 1 fully saturated rings. The summed E-state index contributed by atoms with van der Waals surface area (Å²) in [6.07, 6.45) is -2.85. The van der Waals surface area contributed by atoms with Gasteiger partial charge in [-0.1, -0.05) is 6.07 Å². The fraction of sp³-hybridized carbons (Fsp3) is 0.538. The van der Waals surface area contributed by atoms with E-state index in [2.05, 4.69) is 0 Å². The first-order valence-corrected chi connectivity index (χ1v) is 6.16. The van der Waals surface area contributed by atoms with Crippen molar-refractivity contribution >= 4 is 5.69 Å². The molecule has 1 aliphatic heterocycles. The largest absolute Gasteiger partial charge is 0.416 e. The zero-order valence-corrected chi connectivity index (χ0v) is 10.3. The maximum atomic E-state index is 12.9. The molecule has 0 radical (unpaired) electrons. The molecule has 0 aromatic heterocycles. The van der Waals surface area contributed by atoms with Crippen LogP contribution in [-0.4, -0.2) is 29.4 Å². The molecule has 1 atom stereocenters. The Kier molecular flexibility index (Phi) is 4.01. The number of alkyl halides is 3. The Morgan fingerprint density at radius 2 is 2.00 bits per heavy atom. The number of benzene rings is 1. The van der Waals surface area contributed by atoms with Crippen LogP contribution in [-0.2, 0) is 12.8 Å². The zero-order chi connectivity index (χ0) is 14.0. The Labute approximate surface area is 109 Å². The van der Waals surface area contributed by atoms with Crippen molar-refractivity contribution in [1.82, 2.24) is 0 Å². The second kappa shape index (κ2) is 5.38. The van der Waals surface area contributed by atoms with Crippen LogP contribution < -0.4 is 4.90 Å². The molecule has 0 spiro atoms. The summed E-state index contributed by atoms with van der Waals surface area (Å²) < 4.78 is 38.7. The molecule has 1 saturated heterocycles. The van der Waals surface area contributed by atoms with Crippen LogP contribution >= 0.6 is 0 Å². The highest BCUT2D eigenvalue weighted by Crippen LogP contribution is 2.36. The molecular formula is C13H16F3NO2. The van der Waals surface area contributed by atoms with Gasteiger partial charge in [-0.2, -0.15) is 13.2 Å². The maximum absolute atomic E-state index is 12.9. The summed E-state index contributed by atoms with van der Waals surface area (Å²) in [5, 5.41) is 18.2. The quantitative estimate of drug-likeness (QED) is 0.888. The molecule has 1 aromatic carbocycles. The van der Waals surface area contributed by atoms with Gasteiger partial charge in [0, 0.05) is 12.2 Å². The zero-order valence-electron chi connectivity index (χ0n) is 10.3. The van der Waals surface area contributed by atoms with Gasteiger partial charge in [0.15, 0.2) is 0 Å². The second-order valence-electron chi connectivity index (χ2n) is 4.67. The lowest BCUT2D eigenvalue weighted by Crippen LogP contribution is -2.32. The van der Waals surface area contributed by atoms with Crippen molar-refractivity contribution in [2.24, 2.45) is 0 Å².